The van der Waals surface area contributed by atoms with Crippen molar-refractivity contribution in [2.24, 2.45) is 13.0 Å². The van der Waals surface area contributed by atoms with E-state index in [9.17, 15) is 0 Å². The van der Waals surface area contributed by atoms with Crippen LogP contribution >= 0.6 is 0 Å². The lowest BCUT2D eigenvalue weighted by atomic mass is 9.85. The second-order valence-electron chi connectivity index (χ2n) is 7.91. The number of benzene rings is 1. The standard InChI is InChI=1S/C21H29N5O/c1-15(21-23-18-9-5-6-10-19(18)27-21)25(3)13-16-8-7-11-24(2)20(16)17-12-22-26(4)14-17/h5-6,9-10,12,14-16,20H,7-8,11,13H2,1-4H3/t15?,16-,20+/m0/s1. The predicted molar refractivity (Wildman–Crippen MR) is 106 cm³/mol. The third kappa shape index (κ3) is 3.64. The SMILES string of the molecule is CC(c1nc2ccccc2o1)N(C)C[C@@H]1CCCN(C)[C@H]1c1cnn(C)c1. The van der Waals surface area contributed by atoms with E-state index in [4.69, 9.17) is 9.40 Å². The van der Waals surface area contributed by atoms with Crippen LogP contribution in [0.25, 0.3) is 11.1 Å². The summed E-state index contributed by atoms with van der Waals surface area (Å²) < 4.78 is 7.90. The average Bonchev–Trinajstić information content (AvgIpc) is 3.27. The Morgan fingerprint density at radius 1 is 1.30 bits per heavy atom. The predicted octanol–water partition coefficient (Wildman–Crippen LogP) is 3.64. The van der Waals surface area contributed by atoms with Crippen LogP contribution in [-0.4, -0.2) is 51.7 Å². The van der Waals surface area contributed by atoms with Crippen LogP contribution in [-0.2, 0) is 7.05 Å². The highest BCUT2D eigenvalue weighted by atomic mass is 16.3. The van der Waals surface area contributed by atoms with E-state index < -0.39 is 0 Å². The Labute approximate surface area is 160 Å². The summed E-state index contributed by atoms with van der Waals surface area (Å²) in [7, 11) is 6.39. The van der Waals surface area contributed by atoms with Crippen molar-refractivity contribution >= 4 is 11.1 Å². The molecular weight excluding hydrogens is 338 g/mol. The van der Waals surface area contributed by atoms with Crippen molar-refractivity contribution in [2.75, 3.05) is 27.2 Å². The Bertz CT molecular complexity index is 868. The summed E-state index contributed by atoms with van der Waals surface area (Å²) in [5, 5.41) is 4.40. The van der Waals surface area contributed by atoms with Crippen molar-refractivity contribution in [1.82, 2.24) is 24.6 Å². The molecule has 27 heavy (non-hydrogen) atoms. The van der Waals surface area contributed by atoms with Gasteiger partial charge in [-0.2, -0.15) is 5.10 Å². The summed E-state index contributed by atoms with van der Waals surface area (Å²) >= 11 is 0. The molecule has 4 rings (SSSR count). The monoisotopic (exact) mass is 367 g/mol. The van der Waals surface area contributed by atoms with Crippen molar-refractivity contribution in [3.05, 3.63) is 48.1 Å². The molecule has 1 aromatic carbocycles. The van der Waals surface area contributed by atoms with Crippen molar-refractivity contribution in [2.45, 2.75) is 31.8 Å². The van der Waals surface area contributed by atoms with Gasteiger partial charge in [-0.1, -0.05) is 12.1 Å². The van der Waals surface area contributed by atoms with Crippen molar-refractivity contribution in [1.29, 1.82) is 0 Å². The fourth-order valence-electron chi connectivity index (χ4n) is 4.36. The van der Waals surface area contributed by atoms with Gasteiger partial charge in [-0.3, -0.25) is 14.5 Å². The normalized spacial score (nSPS) is 22.6. The molecule has 3 heterocycles. The third-order valence-corrected chi connectivity index (χ3v) is 5.92. The van der Waals surface area contributed by atoms with Crippen LogP contribution in [0.2, 0.25) is 0 Å². The van der Waals surface area contributed by atoms with Gasteiger partial charge >= 0.3 is 0 Å². The maximum absolute atomic E-state index is 6.00. The Morgan fingerprint density at radius 2 is 2.11 bits per heavy atom. The zero-order valence-corrected chi connectivity index (χ0v) is 16.7. The van der Waals surface area contributed by atoms with E-state index in [2.05, 4.69) is 42.1 Å². The van der Waals surface area contributed by atoms with Gasteiger partial charge < -0.3 is 4.42 Å². The number of oxazole rings is 1. The van der Waals surface area contributed by atoms with Crippen LogP contribution in [0.4, 0.5) is 0 Å². The molecule has 0 bridgehead atoms. The van der Waals surface area contributed by atoms with Gasteiger partial charge in [0.05, 0.1) is 12.2 Å². The highest BCUT2D eigenvalue weighted by molar-refractivity contribution is 5.72. The number of hydrogen-bond acceptors (Lipinski definition) is 5. The van der Waals surface area contributed by atoms with Crippen LogP contribution in [0.1, 0.15) is 43.3 Å². The Morgan fingerprint density at radius 3 is 2.85 bits per heavy atom. The van der Waals surface area contributed by atoms with E-state index >= 15 is 0 Å². The minimum absolute atomic E-state index is 0.138. The van der Waals surface area contributed by atoms with Gasteiger partial charge in [-0.25, -0.2) is 4.98 Å². The number of piperidine rings is 1. The molecule has 0 spiro atoms. The summed E-state index contributed by atoms with van der Waals surface area (Å²) in [5.41, 5.74) is 3.10. The Kier molecular flexibility index (Phi) is 5.02. The zero-order valence-electron chi connectivity index (χ0n) is 16.7. The number of hydrogen-bond donors (Lipinski definition) is 0. The lowest BCUT2D eigenvalue weighted by Crippen LogP contribution is -2.41. The van der Waals surface area contributed by atoms with Gasteiger partial charge in [0.25, 0.3) is 0 Å². The van der Waals surface area contributed by atoms with E-state index in [0.717, 1.165) is 30.1 Å². The summed E-state index contributed by atoms with van der Waals surface area (Å²) in [6.07, 6.45) is 6.64. The second kappa shape index (κ2) is 7.44. The Balaban J connectivity index is 1.51. The van der Waals surface area contributed by atoms with Gasteiger partial charge in [-0.15, -0.1) is 0 Å². The van der Waals surface area contributed by atoms with E-state index in [1.165, 1.54) is 18.4 Å². The van der Waals surface area contributed by atoms with Gasteiger partial charge in [-0.05, 0) is 58.5 Å². The largest absolute Gasteiger partial charge is 0.439 e. The molecule has 0 radical (unpaired) electrons. The first kappa shape index (κ1) is 18.2. The third-order valence-electron chi connectivity index (χ3n) is 5.92. The van der Waals surface area contributed by atoms with E-state index in [1.807, 2.05) is 42.2 Å². The van der Waals surface area contributed by atoms with Gasteiger partial charge in [0.15, 0.2) is 5.58 Å². The molecule has 1 saturated heterocycles. The fraction of sp³-hybridized carbons (Fsp3) is 0.524. The molecule has 0 N–H and O–H groups in total. The number of fused-ring (bicyclic) bond motifs is 1. The molecule has 1 aliphatic heterocycles. The molecule has 3 aromatic rings. The number of aryl methyl sites for hydroxylation is 1. The minimum Gasteiger partial charge on any atom is -0.439 e. The minimum atomic E-state index is 0.138. The molecule has 1 aliphatic rings. The summed E-state index contributed by atoms with van der Waals surface area (Å²) in [5.74, 6) is 1.35. The van der Waals surface area contributed by atoms with Crippen LogP contribution < -0.4 is 0 Å². The van der Waals surface area contributed by atoms with E-state index in [-0.39, 0.29) is 6.04 Å². The molecule has 1 fully saturated rings. The number of rotatable bonds is 5. The molecule has 144 valence electrons. The average molecular weight is 367 g/mol. The lowest BCUT2D eigenvalue weighted by molar-refractivity contribution is 0.0800. The van der Waals surface area contributed by atoms with Crippen molar-refractivity contribution in [3.8, 4) is 0 Å². The number of nitrogens with zero attached hydrogens (tertiary/aromatic N) is 5. The molecule has 0 amide bonds. The van der Waals surface area contributed by atoms with Crippen LogP contribution in [0.3, 0.4) is 0 Å². The maximum atomic E-state index is 6.00. The molecule has 1 unspecified atom stereocenters. The molecule has 6 nitrogen and oxygen atoms in total. The molecule has 6 heteroatoms. The smallest absolute Gasteiger partial charge is 0.212 e. The number of aromatic nitrogens is 3. The van der Waals surface area contributed by atoms with Crippen LogP contribution in [0.5, 0.6) is 0 Å². The zero-order chi connectivity index (χ0) is 19.0. The van der Waals surface area contributed by atoms with Crippen LogP contribution in [0.15, 0.2) is 41.1 Å². The van der Waals surface area contributed by atoms with Crippen LogP contribution in [0, 0.1) is 5.92 Å². The first-order valence-corrected chi connectivity index (χ1v) is 9.77. The topological polar surface area (TPSA) is 50.3 Å². The molecule has 3 atom stereocenters. The molecule has 0 saturated carbocycles. The highest BCUT2D eigenvalue weighted by Crippen LogP contribution is 2.36. The molecule has 2 aromatic heterocycles. The first-order chi connectivity index (χ1) is 13.0. The summed E-state index contributed by atoms with van der Waals surface area (Å²) in [6.45, 7) is 4.32. The quantitative estimate of drug-likeness (QED) is 0.689. The fourth-order valence-corrected chi connectivity index (χ4v) is 4.36. The first-order valence-electron chi connectivity index (χ1n) is 9.77. The van der Waals surface area contributed by atoms with E-state index in [0.29, 0.717) is 12.0 Å². The van der Waals surface area contributed by atoms with Gasteiger partial charge in [0, 0.05) is 31.4 Å². The van der Waals surface area contributed by atoms with Gasteiger partial charge in [0.1, 0.15) is 5.52 Å². The number of para-hydroxylation sites is 2. The van der Waals surface area contributed by atoms with E-state index in [1.54, 1.807) is 0 Å². The highest BCUT2D eigenvalue weighted by Gasteiger charge is 2.33. The second-order valence-corrected chi connectivity index (χ2v) is 7.91. The van der Waals surface area contributed by atoms with Crippen molar-refractivity contribution in [3.63, 3.8) is 0 Å². The Hall–Kier alpha value is -2.18. The number of likely N-dealkylation sites (tertiary alicyclic amines) is 1. The maximum Gasteiger partial charge on any atom is 0.212 e. The van der Waals surface area contributed by atoms with Crippen molar-refractivity contribution < 1.29 is 4.42 Å². The summed E-state index contributed by atoms with van der Waals surface area (Å²) in [4.78, 5) is 9.54. The summed E-state index contributed by atoms with van der Waals surface area (Å²) in [6, 6.07) is 8.52. The lowest BCUT2D eigenvalue weighted by Gasteiger charge is -2.41. The molecular formula is C21H29N5O. The molecule has 0 aliphatic carbocycles. The van der Waals surface area contributed by atoms with Gasteiger partial charge in [0.2, 0.25) is 5.89 Å².